The molecule has 0 radical (unpaired) electrons. The number of carbonyl (C=O) groups excluding carboxylic acids is 1. The van der Waals surface area contributed by atoms with Crippen LogP contribution in [0.3, 0.4) is 0 Å². The number of rotatable bonds is 4. The van der Waals surface area contributed by atoms with E-state index in [1.165, 1.54) is 7.11 Å². The standard InChI is InChI=1S/C15H16ClN3O3S2/c1-21-14(20)12-8-18(6-7-24-12)9-19-15(23)22-13(17-19)10-2-4-11(16)5-3-10/h2-5,12H,6-9H2,1H3/t12-/m1/s1. The van der Waals surface area contributed by atoms with E-state index in [2.05, 4.69) is 10.00 Å². The normalized spacial score (nSPS) is 18.5. The highest BCUT2D eigenvalue weighted by atomic mass is 35.5. The lowest BCUT2D eigenvalue weighted by molar-refractivity contribution is -0.140. The zero-order valence-corrected chi connectivity index (χ0v) is 15.4. The molecule has 1 aromatic heterocycles. The van der Waals surface area contributed by atoms with Crippen LogP contribution in [0.5, 0.6) is 0 Å². The first-order valence-electron chi connectivity index (χ1n) is 7.32. The average Bonchev–Trinajstić information content (AvgIpc) is 2.95. The molecular formula is C15H16ClN3O3S2. The fraction of sp³-hybridized carbons (Fsp3) is 0.400. The van der Waals surface area contributed by atoms with Gasteiger partial charge in [-0.2, -0.15) is 0 Å². The van der Waals surface area contributed by atoms with Crippen LogP contribution >= 0.6 is 35.6 Å². The lowest BCUT2D eigenvalue weighted by Gasteiger charge is -2.30. The SMILES string of the molecule is COC(=O)[C@H]1CN(Cn2nc(-c3ccc(Cl)cc3)oc2=S)CCS1. The number of ether oxygens (including phenoxy) is 1. The lowest BCUT2D eigenvalue weighted by atomic mass is 10.2. The van der Waals surface area contributed by atoms with Crippen molar-refractivity contribution in [3.05, 3.63) is 34.1 Å². The van der Waals surface area contributed by atoms with Crippen LogP contribution in [-0.4, -0.2) is 51.9 Å². The molecular weight excluding hydrogens is 370 g/mol. The number of carbonyl (C=O) groups is 1. The molecule has 2 aromatic rings. The number of halogens is 1. The number of benzene rings is 1. The monoisotopic (exact) mass is 385 g/mol. The summed E-state index contributed by atoms with van der Waals surface area (Å²) < 4.78 is 12.0. The van der Waals surface area contributed by atoms with Gasteiger partial charge in [0.15, 0.2) is 0 Å². The maximum Gasteiger partial charge on any atom is 0.320 e. The minimum absolute atomic E-state index is 0.180. The minimum atomic E-state index is -0.199. The molecule has 0 amide bonds. The molecule has 24 heavy (non-hydrogen) atoms. The van der Waals surface area contributed by atoms with Crippen LogP contribution in [-0.2, 0) is 16.2 Å². The summed E-state index contributed by atoms with van der Waals surface area (Å²) >= 11 is 12.8. The van der Waals surface area contributed by atoms with Gasteiger partial charge < -0.3 is 9.15 Å². The number of esters is 1. The number of hydrogen-bond acceptors (Lipinski definition) is 7. The van der Waals surface area contributed by atoms with E-state index in [1.807, 2.05) is 12.1 Å². The summed E-state index contributed by atoms with van der Waals surface area (Å²) in [6.07, 6.45) is 0. The molecule has 1 atom stereocenters. The zero-order valence-electron chi connectivity index (χ0n) is 13.0. The van der Waals surface area contributed by atoms with Crippen molar-refractivity contribution in [1.29, 1.82) is 0 Å². The van der Waals surface area contributed by atoms with Crippen LogP contribution in [0.1, 0.15) is 0 Å². The molecule has 3 rings (SSSR count). The van der Waals surface area contributed by atoms with E-state index in [9.17, 15) is 4.79 Å². The summed E-state index contributed by atoms with van der Waals surface area (Å²) in [6.45, 7) is 1.93. The van der Waals surface area contributed by atoms with Crippen molar-refractivity contribution in [2.45, 2.75) is 11.9 Å². The van der Waals surface area contributed by atoms with Crippen molar-refractivity contribution in [3.63, 3.8) is 0 Å². The summed E-state index contributed by atoms with van der Waals surface area (Å²) in [5.74, 6) is 1.11. The van der Waals surface area contributed by atoms with Gasteiger partial charge in [-0.3, -0.25) is 9.69 Å². The van der Waals surface area contributed by atoms with E-state index in [-0.39, 0.29) is 11.2 Å². The molecule has 2 heterocycles. The minimum Gasteiger partial charge on any atom is -0.468 e. The first-order chi connectivity index (χ1) is 11.6. The van der Waals surface area contributed by atoms with Crippen LogP contribution in [0.2, 0.25) is 5.02 Å². The van der Waals surface area contributed by atoms with Crippen LogP contribution in [0.15, 0.2) is 28.7 Å². The van der Waals surface area contributed by atoms with E-state index in [1.54, 1.807) is 28.6 Å². The summed E-state index contributed by atoms with van der Waals surface area (Å²) in [5.41, 5.74) is 0.811. The molecule has 1 saturated heterocycles. The van der Waals surface area contributed by atoms with Crippen molar-refractivity contribution in [3.8, 4) is 11.5 Å². The Morgan fingerprint density at radius 2 is 2.25 bits per heavy atom. The Balaban J connectivity index is 1.73. The maximum atomic E-state index is 11.7. The van der Waals surface area contributed by atoms with Gasteiger partial charge in [-0.15, -0.1) is 16.9 Å². The molecule has 1 aliphatic rings. The van der Waals surface area contributed by atoms with Gasteiger partial charge >= 0.3 is 5.97 Å². The Labute approximate surface area is 153 Å². The highest BCUT2D eigenvalue weighted by Gasteiger charge is 2.27. The summed E-state index contributed by atoms with van der Waals surface area (Å²) in [5, 5.41) is 4.90. The highest BCUT2D eigenvalue weighted by molar-refractivity contribution is 8.00. The Morgan fingerprint density at radius 1 is 1.50 bits per heavy atom. The average molecular weight is 386 g/mol. The van der Waals surface area contributed by atoms with Gasteiger partial charge in [0.05, 0.1) is 13.8 Å². The Morgan fingerprint density at radius 3 is 2.96 bits per heavy atom. The van der Waals surface area contributed by atoms with E-state index >= 15 is 0 Å². The second kappa shape index (κ2) is 7.69. The largest absolute Gasteiger partial charge is 0.468 e. The van der Waals surface area contributed by atoms with Crippen molar-refractivity contribution in [2.75, 3.05) is 26.0 Å². The number of methoxy groups -OCH3 is 1. The number of aromatic nitrogens is 2. The van der Waals surface area contributed by atoms with Gasteiger partial charge in [0.2, 0.25) is 5.89 Å². The van der Waals surface area contributed by atoms with E-state index in [0.717, 1.165) is 17.9 Å². The molecule has 1 aromatic carbocycles. The Bertz CT molecular complexity index is 775. The molecule has 0 aliphatic carbocycles. The second-order valence-corrected chi connectivity index (χ2v) is 7.38. The van der Waals surface area contributed by atoms with Gasteiger partial charge in [-0.1, -0.05) is 11.6 Å². The third kappa shape index (κ3) is 4.00. The van der Waals surface area contributed by atoms with E-state index in [4.69, 9.17) is 33.0 Å². The molecule has 0 N–H and O–H groups in total. The Hall–Kier alpha value is -1.35. The van der Waals surface area contributed by atoms with Crippen LogP contribution in [0.25, 0.3) is 11.5 Å². The lowest BCUT2D eigenvalue weighted by Crippen LogP contribution is -2.42. The van der Waals surface area contributed by atoms with E-state index < -0.39 is 0 Å². The molecule has 1 aliphatic heterocycles. The predicted molar refractivity (Wildman–Crippen MR) is 95.6 cm³/mol. The van der Waals surface area contributed by atoms with Crippen molar-refractivity contribution >= 4 is 41.6 Å². The summed E-state index contributed by atoms with van der Waals surface area (Å²) in [6, 6.07) is 7.21. The van der Waals surface area contributed by atoms with E-state index in [0.29, 0.717) is 29.0 Å². The van der Waals surface area contributed by atoms with Gasteiger partial charge in [-0.25, -0.2) is 4.68 Å². The maximum absolute atomic E-state index is 11.7. The number of thioether (sulfide) groups is 1. The predicted octanol–water partition coefficient (Wildman–Crippen LogP) is 3.07. The van der Waals surface area contributed by atoms with Crippen LogP contribution < -0.4 is 0 Å². The third-order valence-electron chi connectivity index (χ3n) is 3.65. The fourth-order valence-electron chi connectivity index (χ4n) is 2.40. The highest BCUT2D eigenvalue weighted by Crippen LogP contribution is 2.22. The van der Waals surface area contributed by atoms with Gasteiger partial charge in [0.1, 0.15) is 5.25 Å². The van der Waals surface area contributed by atoms with Crippen LogP contribution in [0, 0.1) is 4.84 Å². The van der Waals surface area contributed by atoms with Crippen molar-refractivity contribution in [2.24, 2.45) is 0 Å². The smallest absolute Gasteiger partial charge is 0.320 e. The second-order valence-electron chi connectivity index (χ2n) is 5.28. The van der Waals surface area contributed by atoms with Gasteiger partial charge in [0, 0.05) is 29.4 Å². The summed E-state index contributed by atoms with van der Waals surface area (Å²) in [4.78, 5) is 14.1. The molecule has 6 nitrogen and oxygen atoms in total. The van der Waals surface area contributed by atoms with Gasteiger partial charge in [0.25, 0.3) is 4.84 Å². The van der Waals surface area contributed by atoms with Crippen molar-refractivity contribution in [1.82, 2.24) is 14.7 Å². The number of hydrogen-bond donors (Lipinski definition) is 0. The summed E-state index contributed by atoms with van der Waals surface area (Å²) in [7, 11) is 1.41. The van der Waals surface area contributed by atoms with Crippen molar-refractivity contribution < 1.29 is 13.9 Å². The topological polar surface area (TPSA) is 60.5 Å². The molecule has 9 heteroatoms. The fourth-order valence-corrected chi connectivity index (χ4v) is 3.90. The Kier molecular flexibility index (Phi) is 5.60. The quantitative estimate of drug-likeness (QED) is 0.592. The first-order valence-corrected chi connectivity index (χ1v) is 9.16. The first kappa shape index (κ1) is 17.5. The molecule has 0 saturated carbocycles. The molecule has 0 unspecified atom stereocenters. The molecule has 0 bridgehead atoms. The number of nitrogens with zero attached hydrogens (tertiary/aromatic N) is 3. The van der Waals surface area contributed by atoms with Gasteiger partial charge in [-0.05, 0) is 36.5 Å². The third-order valence-corrected chi connectivity index (χ3v) is 5.35. The molecule has 1 fully saturated rings. The van der Waals surface area contributed by atoms with Crippen LogP contribution in [0.4, 0.5) is 0 Å². The zero-order chi connectivity index (χ0) is 17.1. The molecule has 0 spiro atoms. The molecule has 128 valence electrons.